The van der Waals surface area contributed by atoms with Crippen molar-refractivity contribution in [2.45, 2.75) is 38.3 Å². The fraction of sp³-hybridized carbons (Fsp3) is 0.571. The molecule has 2 unspecified atom stereocenters. The molecule has 1 saturated heterocycles. The maximum absolute atomic E-state index is 10.2. The number of rotatable bonds is 3. The van der Waals surface area contributed by atoms with Crippen molar-refractivity contribution in [2.75, 3.05) is 18.8 Å². The van der Waals surface area contributed by atoms with Crippen LogP contribution in [0.25, 0.3) is 0 Å². The summed E-state index contributed by atoms with van der Waals surface area (Å²) in [7, 11) is 0. The normalized spacial score (nSPS) is 23.5. The van der Waals surface area contributed by atoms with Gasteiger partial charge in [0.15, 0.2) is 0 Å². The van der Waals surface area contributed by atoms with Crippen LogP contribution in [0, 0.1) is 0 Å². The van der Waals surface area contributed by atoms with E-state index in [0.717, 1.165) is 24.3 Å². The third-order valence-electron chi connectivity index (χ3n) is 3.67. The van der Waals surface area contributed by atoms with E-state index in [1.807, 2.05) is 24.3 Å². The smallest absolute Gasteiger partial charge is 0.0917 e. The maximum Gasteiger partial charge on any atom is 0.0917 e. The predicted molar refractivity (Wildman–Crippen MR) is 70.7 cm³/mol. The van der Waals surface area contributed by atoms with Gasteiger partial charge >= 0.3 is 0 Å². The predicted octanol–water partition coefficient (Wildman–Crippen LogP) is 2.18. The first kappa shape index (κ1) is 12.4. The highest BCUT2D eigenvalue weighted by molar-refractivity contribution is 5.39. The van der Waals surface area contributed by atoms with Crippen LogP contribution in [-0.2, 0) is 0 Å². The van der Waals surface area contributed by atoms with E-state index in [4.69, 9.17) is 5.73 Å². The van der Waals surface area contributed by atoms with E-state index in [2.05, 4.69) is 11.8 Å². The average molecular weight is 234 g/mol. The molecule has 1 aromatic rings. The summed E-state index contributed by atoms with van der Waals surface area (Å²) in [5.74, 6) is 0. The summed E-state index contributed by atoms with van der Waals surface area (Å²) in [6, 6.07) is 8.10. The van der Waals surface area contributed by atoms with Gasteiger partial charge in [-0.05, 0) is 44.0 Å². The SMILES string of the molecule is CC1CCCCN1CC(O)c1ccc(N)cc1. The van der Waals surface area contributed by atoms with Gasteiger partial charge in [-0.2, -0.15) is 0 Å². The molecule has 1 fully saturated rings. The molecule has 17 heavy (non-hydrogen) atoms. The monoisotopic (exact) mass is 234 g/mol. The molecule has 0 aromatic heterocycles. The zero-order valence-corrected chi connectivity index (χ0v) is 10.5. The molecular weight excluding hydrogens is 212 g/mol. The first-order valence-corrected chi connectivity index (χ1v) is 6.44. The van der Waals surface area contributed by atoms with E-state index < -0.39 is 6.10 Å². The molecule has 1 heterocycles. The third-order valence-corrected chi connectivity index (χ3v) is 3.67. The number of anilines is 1. The molecule has 1 aliphatic rings. The number of nitrogens with zero attached hydrogens (tertiary/aromatic N) is 1. The van der Waals surface area contributed by atoms with Gasteiger partial charge < -0.3 is 10.8 Å². The van der Waals surface area contributed by atoms with Crippen molar-refractivity contribution in [2.24, 2.45) is 0 Å². The Morgan fingerprint density at radius 2 is 2.06 bits per heavy atom. The summed E-state index contributed by atoms with van der Waals surface area (Å²) in [6.07, 6.45) is 3.40. The minimum atomic E-state index is -0.406. The van der Waals surface area contributed by atoms with Crippen LogP contribution in [0.5, 0.6) is 0 Å². The van der Waals surface area contributed by atoms with Gasteiger partial charge in [0.2, 0.25) is 0 Å². The van der Waals surface area contributed by atoms with Gasteiger partial charge in [-0.1, -0.05) is 18.6 Å². The molecule has 0 amide bonds. The molecule has 3 N–H and O–H groups in total. The number of aliphatic hydroxyl groups is 1. The number of nitrogen functional groups attached to an aromatic ring is 1. The van der Waals surface area contributed by atoms with Crippen molar-refractivity contribution >= 4 is 5.69 Å². The summed E-state index contributed by atoms with van der Waals surface area (Å²) >= 11 is 0. The Balaban J connectivity index is 1.95. The highest BCUT2D eigenvalue weighted by atomic mass is 16.3. The van der Waals surface area contributed by atoms with Crippen LogP contribution in [0.3, 0.4) is 0 Å². The Hall–Kier alpha value is -1.06. The quantitative estimate of drug-likeness (QED) is 0.788. The lowest BCUT2D eigenvalue weighted by Crippen LogP contribution is -2.40. The number of likely N-dealkylation sites (tertiary alicyclic amines) is 1. The number of hydrogen-bond acceptors (Lipinski definition) is 3. The second-order valence-electron chi connectivity index (χ2n) is 5.02. The summed E-state index contributed by atoms with van der Waals surface area (Å²) < 4.78 is 0. The molecule has 1 aliphatic heterocycles. The van der Waals surface area contributed by atoms with Crippen LogP contribution in [0.4, 0.5) is 5.69 Å². The van der Waals surface area contributed by atoms with Crippen LogP contribution in [0.2, 0.25) is 0 Å². The van der Waals surface area contributed by atoms with Crippen molar-refractivity contribution in [3.8, 4) is 0 Å². The number of aliphatic hydroxyl groups excluding tert-OH is 1. The molecule has 0 bridgehead atoms. The molecule has 0 saturated carbocycles. The Morgan fingerprint density at radius 1 is 1.35 bits per heavy atom. The van der Waals surface area contributed by atoms with E-state index in [1.165, 1.54) is 19.3 Å². The van der Waals surface area contributed by atoms with Gasteiger partial charge in [-0.3, -0.25) is 4.90 Å². The number of hydrogen-bond donors (Lipinski definition) is 2. The topological polar surface area (TPSA) is 49.5 Å². The van der Waals surface area contributed by atoms with E-state index in [9.17, 15) is 5.11 Å². The van der Waals surface area contributed by atoms with Gasteiger partial charge in [0.05, 0.1) is 6.10 Å². The molecule has 0 radical (unpaired) electrons. The van der Waals surface area contributed by atoms with Gasteiger partial charge in [0, 0.05) is 18.3 Å². The average Bonchev–Trinajstić information content (AvgIpc) is 2.33. The summed E-state index contributed by atoms with van der Waals surface area (Å²) in [6.45, 7) is 4.08. The van der Waals surface area contributed by atoms with Gasteiger partial charge in [-0.25, -0.2) is 0 Å². The molecule has 3 heteroatoms. The van der Waals surface area contributed by atoms with Gasteiger partial charge in [-0.15, -0.1) is 0 Å². The Kier molecular flexibility index (Phi) is 4.02. The summed E-state index contributed by atoms with van der Waals surface area (Å²) in [5.41, 5.74) is 7.34. The van der Waals surface area contributed by atoms with Crippen molar-refractivity contribution in [1.82, 2.24) is 4.90 Å². The number of benzene rings is 1. The number of β-amino-alcohol motifs (C(OH)–C–C–N with tert-alkyl or cyclic N) is 1. The zero-order valence-electron chi connectivity index (χ0n) is 10.5. The molecule has 0 spiro atoms. The minimum absolute atomic E-state index is 0.406. The highest BCUT2D eigenvalue weighted by Crippen LogP contribution is 2.21. The van der Waals surface area contributed by atoms with Crippen LogP contribution in [0.1, 0.15) is 37.9 Å². The van der Waals surface area contributed by atoms with E-state index in [1.54, 1.807) is 0 Å². The van der Waals surface area contributed by atoms with Crippen LogP contribution < -0.4 is 5.73 Å². The van der Waals surface area contributed by atoms with Crippen LogP contribution in [-0.4, -0.2) is 29.1 Å². The minimum Gasteiger partial charge on any atom is -0.399 e. The Morgan fingerprint density at radius 3 is 2.71 bits per heavy atom. The van der Waals surface area contributed by atoms with Crippen molar-refractivity contribution < 1.29 is 5.11 Å². The van der Waals surface area contributed by atoms with E-state index in [-0.39, 0.29) is 0 Å². The molecule has 1 aromatic carbocycles. The van der Waals surface area contributed by atoms with Crippen LogP contribution in [0.15, 0.2) is 24.3 Å². The highest BCUT2D eigenvalue weighted by Gasteiger charge is 2.21. The fourth-order valence-electron chi connectivity index (χ4n) is 2.47. The maximum atomic E-state index is 10.2. The molecule has 2 atom stereocenters. The van der Waals surface area contributed by atoms with E-state index in [0.29, 0.717) is 6.04 Å². The van der Waals surface area contributed by atoms with Gasteiger partial charge in [0.1, 0.15) is 0 Å². The summed E-state index contributed by atoms with van der Waals surface area (Å²) in [5, 5.41) is 10.2. The van der Waals surface area contributed by atoms with Crippen molar-refractivity contribution in [1.29, 1.82) is 0 Å². The standard InChI is InChI=1S/C14H22N2O/c1-11-4-2-3-9-16(11)10-14(17)12-5-7-13(15)8-6-12/h5-8,11,14,17H,2-4,9-10,15H2,1H3. The van der Waals surface area contributed by atoms with Gasteiger partial charge in [0.25, 0.3) is 0 Å². The Labute approximate surface area is 103 Å². The molecule has 2 rings (SSSR count). The lowest BCUT2D eigenvalue weighted by molar-refractivity contribution is 0.0733. The molecule has 0 aliphatic carbocycles. The zero-order chi connectivity index (χ0) is 12.3. The lowest BCUT2D eigenvalue weighted by atomic mass is 10.0. The van der Waals surface area contributed by atoms with Crippen LogP contribution >= 0.6 is 0 Å². The van der Waals surface area contributed by atoms with Crippen molar-refractivity contribution in [3.63, 3.8) is 0 Å². The molecule has 3 nitrogen and oxygen atoms in total. The third kappa shape index (κ3) is 3.20. The van der Waals surface area contributed by atoms with E-state index >= 15 is 0 Å². The largest absolute Gasteiger partial charge is 0.399 e. The second kappa shape index (κ2) is 5.52. The molecular formula is C14H22N2O. The number of nitrogens with two attached hydrogens (primary N) is 1. The number of piperidine rings is 1. The van der Waals surface area contributed by atoms with Crippen molar-refractivity contribution in [3.05, 3.63) is 29.8 Å². The molecule has 94 valence electrons. The lowest BCUT2D eigenvalue weighted by Gasteiger charge is -2.34. The second-order valence-corrected chi connectivity index (χ2v) is 5.02. The summed E-state index contributed by atoms with van der Waals surface area (Å²) in [4.78, 5) is 2.38. The first-order chi connectivity index (χ1) is 8.16. The Bertz CT molecular complexity index is 350. The fourth-order valence-corrected chi connectivity index (χ4v) is 2.47. The first-order valence-electron chi connectivity index (χ1n) is 6.44.